The van der Waals surface area contributed by atoms with Crippen LogP contribution in [0.5, 0.6) is 11.5 Å². The van der Waals surface area contributed by atoms with E-state index in [1.165, 1.54) is 25.5 Å². The molecule has 0 aliphatic carbocycles. The molecule has 1 amide bonds. The minimum absolute atomic E-state index is 0.0789. The molecule has 1 aromatic heterocycles. The van der Waals surface area contributed by atoms with E-state index in [1.54, 1.807) is 36.4 Å². The van der Waals surface area contributed by atoms with Crippen molar-refractivity contribution in [3.05, 3.63) is 69.4 Å². The van der Waals surface area contributed by atoms with Crippen LogP contribution in [-0.4, -0.2) is 35.7 Å². The molecule has 9 nitrogen and oxygen atoms in total. The number of non-ortho nitro benzene ring substituents is 1. The molecular weight excluding hydrogens is 400 g/mol. The highest BCUT2D eigenvalue weighted by Gasteiger charge is 2.10. The number of pyridine rings is 1. The van der Waals surface area contributed by atoms with E-state index in [0.717, 1.165) is 0 Å². The molecule has 0 unspecified atom stereocenters. The third kappa shape index (κ3) is 4.96. The van der Waals surface area contributed by atoms with Gasteiger partial charge in [0.2, 0.25) is 0 Å². The summed E-state index contributed by atoms with van der Waals surface area (Å²) < 4.78 is 10.5. The topological polar surface area (TPSA) is 116 Å². The molecule has 0 bridgehead atoms. The molecule has 148 valence electrons. The maximum atomic E-state index is 11.9. The maximum absolute atomic E-state index is 11.9. The van der Waals surface area contributed by atoms with Crippen LogP contribution in [0.1, 0.15) is 5.56 Å². The van der Waals surface area contributed by atoms with E-state index in [4.69, 9.17) is 21.1 Å². The van der Waals surface area contributed by atoms with Crippen molar-refractivity contribution < 1.29 is 19.2 Å². The molecule has 1 heterocycles. The summed E-state index contributed by atoms with van der Waals surface area (Å²) in [6.45, 7) is -0.259. The van der Waals surface area contributed by atoms with E-state index in [-0.39, 0.29) is 17.4 Å². The number of para-hydroxylation sites is 2. The highest BCUT2D eigenvalue weighted by Crippen LogP contribution is 2.25. The second-order valence-electron chi connectivity index (χ2n) is 5.74. The number of halogens is 1. The zero-order chi connectivity index (χ0) is 20.8. The molecular formula is C19H15ClN4O5. The monoisotopic (exact) mass is 414 g/mol. The highest BCUT2D eigenvalue weighted by molar-refractivity contribution is 6.32. The lowest BCUT2D eigenvalue weighted by Gasteiger charge is -2.09. The van der Waals surface area contributed by atoms with Crippen molar-refractivity contribution in [2.24, 2.45) is 5.10 Å². The smallest absolute Gasteiger partial charge is 0.277 e. The van der Waals surface area contributed by atoms with Crippen LogP contribution < -0.4 is 14.9 Å². The molecule has 29 heavy (non-hydrogen) atoms. The second kappa shape index (κ2) is 8.98. The third-order valence-electron chi connectivity index (χ3n) is 3.81. The van der Waals surface area contributed by atoms with E-state index in [1.807, 2.05) is 0 Å². The zero-order valence-electron chi connectivity index (χ0n) is 15.2. The first-order valence-electron chi connectivity index (χ1n) is 8.30. The number of hydrazone groups is 1. The van der Waals surface area contributed by atoms with E-state index < -0.39 is 10.8 Å². The number of aromatic nitrogens is 1. The number of hydrogen-bond acceptors (Lipinski definition) is 7. The van der Waals surface area contributed by atoms with Gasteiger partial charge in [-0.1, -0.05) is 23.7 Å². The highest BCUT2D eigenvalue weighted by atomic mass is 35.5. The van der Waals surface area contributed by atoms with Gasteiger partial charge in [-0.15, -0.1) is 0 Å². The Hall–Kier alpha value is -3.72. The summed E-state index contributed by atoms with van der Waals surface area (Å²) in [5, 5.41) is 15.4. The average Bonchev–Trinajstić information content (AvgIpc) is 2.72. The van der Waals surface area contributed by atoms with Gasteiger partial charge >= 0.3 is 0 Å². The number of amides is 1. The van der Waals surface area contributed by atoms with Crippen molar-refractivity contribution in [2.45, 2.75) is 0 Å². The number of carbonyl (C=O) groups excluding carboxylic acids is 1. The molecule has 0 aliphatic heterocycles. The molecule has 0 spiro atoms. The van der Waals surface area contributed by atoms with Gasteiger partial charge in [0.25, 0.3) is 11.6 Å². The SMILES string of the molecule is COc1ccccc1OCC(=O)N/N=C\c1cc2ccc([N+](=O)[O-])cc2nc1Cl. The molecule has 1 N–H and O–H groups in total. The Bertz CT molecular complexity index is 1100. The lowest BCUT2D eigenvalue weighted by Crippen LogP contribution is -2.24. The van der Waals surface area contributed by atoms with Crippen molar-refractivity contribution >= 4 is 40.3 Å². The fraction of sp³-hybridized carbons (Fsp3) is 0.105. The molecule has 0 saturated carbocycles. The summed E-state index contributed by atoms with van der Waals surface area (Å²) >= 11 is 6.10. The Labute approximate surface area is 170 Å². The van der Waals surface area contributed by atoms with Gasteiger partial charge in [0.1, 0.15) is 5.15 Å². The Morgan fingerprint density at radius 3 is 2.76 bits per heavy atom. The number of fused-ring (bicyclic) bond motifs is 1. The van der Waals surface area contributed by atoms with E-state index in [9.17, 15) is 14.9 Å². The minimum Gasteiger partial charge on any atom is -0.493 e. The molecule has 0 aliphatic rings. The molecule has 0 saturated heterocycles. The van der Waals surface area contributed by atoms with Crippen LogP contribution in [0.25, 0.3) is 10.9 Å². The third-order valence-corrected chi connectivity index (χ3v) is 4.12. The number of carbonyl (C=O) groups is 1. The Kier molecular flexibility index (Phi) is 6.20. The largest absolute Gasteiger partial charge is 0.493 e. The van der Waals surface area contributed by atoms with Gasteiger partial charge in [-0.3, -0.25) is 14.9 Å². The van der Waals surface area contributed by atoms with Gasteiger partial charge in [-0.05, 0) is 24.3 Å². The van der Waals surface area contributed by atoms with Gasteiger partial charge < -0.3 is 9.47 Å². The Morgan fingerprint density at radius 1 is 1.28 bits per heavy atom. The van der Waals surface area contributed by atoms with Crippen molar-refractivity contribution in [1.82, 2.24) is 10.4 Å². The minimum atomic E-state index is -0.507. The lowest BCUT2D eigenvalue weighted by atomic mass is 10.1. The van der Waals surface area contributed by atoms with Crippen LogP contribution in [0, 0.1) is 10.1 Å². The van der Waals surface area contributed by atoms with Crippen molar-refractivity contribution in [1.29, 1.82) is 0 Å². The normalized spacial score (nSPS) is 10.8. The molecule has 3 rings (SSSR count). The zero-order valence-corrected chi connectivity index (χ0v) is 15.9. The van der Waals surface area contributed by atoms with Crippen molar-refractivity contribution in [2.75, 3.05) is 13.7 Å². The number of hydrogen-bond donors (Lipinski definition) is 1. The molecule has 0 fully saturated rings. The fourth-order valence-corrected chi connectivity index (χ4v) is 2.63. The number of methoxy groups -OCH3 is 1. The quantitative estimate of drug-likeness (QED) is 0.274. The molecule has 0 atom stereocenters. The van der Waals surface area contributed by atoms with Crippen LogP contribution in [0.4, 0.5) is 5.69 Å². The predicted octanol–water partition coefficient (Wildman–Crippen LogP) is 3.33. The van der Waals surface area contributed by atoms with E-state index in [0.29, 0.717) is 28.0 Å². The Balaban J connectivity index is 1.64. The first-order valence-corrected chi connectivity index (χ1v) is 8.68. The number of nitrogens with zero attached hydrogens (tertiary/aromatic N) is 3. The summed E-state index contributed by atoms with van der Waals surface area (Å²) in [7, 11) is 1.51. The summed E-state index contributed by atoms with van der Waals surface area (Å²) in [4.78, 5) is 26.4. The standard InChI is InChI=1S/C19H15ClN4O5/c1-28-16-4-2-3-5-17(16)29-11-18(25)23-21-10-13-8-12-6-7-14(24(26)27)9-15(12)22-19(13)20/h2-10H,11H2,1H3,(H,23,25)/b21-10-. The second-order valence-corrected chi connectivity index (χ2v) is 6.09. The van der Waals surface area contributed by atoms with Crippen LogP contribution in [-0.2, 0) is 4.79 Å². The van der Waals surface area contributed by atoms with Gasteiger partial charge in [-0.25, -0.2) is 10.4 Å². The number of benzene rings is 2. The number of ether oxygens (including phenoxy) is 2. The summed E-state index contributed by atoms with van der Waals surface area (Å²) in [5.74, 6) is 0.468. The van der Waals surface area contributed by atoms with Gasteiger partial charge in [0.15, 0.2) is 18.1 Å². The van der Waals surface area contributed by atoms with Crippen molar-refractivity contribution in [3.8, 4) is 11.5 Å². The summed E-state index contributed by atoms with van der Waals surface area (Å²) in [6.07, 6.45) is 1.33. The van der Waals surface area contributed by atoms with Crippen LogP contribution in [0.2, 0.25) is 5.15 Å². The van der Waals surface area contributed by atoms with Crippen LogP contribution in [0.15, 0.2) is 53.6 Å². The van der Waals surface area contributed by atoms with Gasteiger partial charge in [-0.2, -0.15) is 5.10 Å². The number of nitro groups is 1. The molecule has 0 radical (unpaired) electrons. The molecule has 2 aromatic carbocycles. The first kappa shape index (κ1) is 20.0. The lowest BCUT2D eigenvalue weighted by molar-refractivity contribution is -0.384. The molecule has 10 heteroatoms. The van der Waals surface area contributed by atoms with Gasteiger partial charge in [0.05, 0.1) is 23.8 Å². The number of nitrogens with one attached hydrogen (secondary N) is 1. The van der Waals surface area contributed by atoms with Crippen LogP contribution >= 0.6 is 11.6 Å². The maximum Gasteiger partial charge on any atom is 0.277 e. The van der Waals surface area contributed by atoms with E-state index in [2.05, 4.69) is 15.5 Å². The molecule has 3 aromatic rings. The van der Waals surface area contributed by atoms with Crippen molar-refractivity contribution in [3.63, 3.8) is 0 Å². The fourth-order valence-electron chi connectivity index (χ4n) is 2.44. The predicted molar refractivity (Wildman–Crippen MR) is 108 cm³/mol. The van der Waals surface area contributed by atoms with Gasteiger partial charge in [0, 0.05) is 23.1 Å². The first-order chi connectivity index (χ1) is 14.0. The van der Waals surface area contributed by atoms with E-state index >= 15 is 0 Å². The summed E-state index contributed by atoms with van der Waals surface area (Å²) in [5.41, 5.74) is 3.08. The number of rotatable bonds is 7. The average molecular weight is 415 g/mol. The summed E-state index contributed by atoms with van der Waals surface area (Å²) in [6, 6.07) is 12.9. The van der Waals surface area contributed by atoms with Crippen LogP contribution in [0.3, 0.4) is 0 Å². The Morgan fingerprint density at radius 2 is 2.03 bits per heavy atom. The number of nitro benzene ring substituents is 1.